The first-order chi connectivity index (χ1) is 8.69. The molecule has 96 valence electrons. The van der Waals surface area contributed by atoms with E-state index in [4.69, 9.17) is 0 Å². The summed E-state index contributed by atoms with van der Waals surface area (Å²) >= 11 is 1.90. The molecule has 3 nitrogen and oxygen atoms in total. The van der Waals surface area contributed by atoms with Crippen LogP contribution in [0, 0.1) is 12.8 Å². The molecule has 1 unspecified atom stereocenters. The second kappa shape index (κ2) is 4.52. The van der Waals surface area contributed by atoms with Crippen molar-refractivity contribution in [1.82, 2.24) is 15.1 Å². The molecule has 2 aromatic heterocycles. The zero-order valence-electron chi connectivity index (χ0n) is 11.1. The number of aromatic nitrogens is 2. The van der Waals surface area contributed by atoms with Crippen LogP contribution in [-0.2, 0) is 7.05 Å². The molecule has 1 fully saturated rings. The van der Waals surface area contributed by atoms with Crippen molar-refractivity contribution in [3.05, 3.63) is 28.9 Å². The highest BCUT2D eigenvalue weighted by Gasteiger charge is 2.32. The number of rotatable bonds is 4. The number of nitrogens with zero attached hydrogens (tertiary/aromatic N) is 2. The van der Waals surface area contributed by atoms with Crippen molar-refractivity contribution < 1.29 is 0 Å². The Balaban J connectivity index is 1.91. The molecule has 1 aliphatic rings. The lowest BCUT2D eigenvalue weighted by Gasteiger charge is -2.12. The molecule has 0 spiro atoms. The molecule has 4 heteroatoms. The van der Waals surface area contributed by atoms with Crippen LogP contribution in [0.15, 0.2) is 18.3 Å². The van der Waals surface area contributed by atoms with E-state index < -0.39 is 0 Å². The average Bonchev–Trinajstić information content (AvgIpc) is 2.94. The van der Waals surface area contributed by atoms with Crippen molar-refractivity contribution in [2.45, 2.75) is 25.8 Å². The number of hydrogen-bond donors (Lipinski definition) is 1. The number of aryl methyl sites for hydroxylation is 2. The molecule has 0 bridgehead atoms. The van der Waals surface area contributed by atoms with Gasteiger partial charge in [-0.05, 0) is 44.9 Å². The van der Waals surface area contributed by atoms with Crippen LogP contribution in [0.2, 0.25) is 0 Å². The summed E-state index contributed by atoms with van der Waals surface area (Å²) in [4.78, 5) is 2.79. The molecule has 1 aliphatic carbocycles. The highest BCUT2D eigenvalue weighted by Crippen LogP contribution is 2.44. The Morgan fingerprint density at radius 1 is 1.44 bits per heavy atom. The summed E-state index contributed by atoms with van der Waals surface area (Å²) in [6.45, 7) is 2.07. The van der Waals surface area contributed by atoms with Crippen molar-refractivity contribution in [3.63, 3.8) is 0 Å². The van der Waals surface area contributed by atoms with E-state index in [-0.39, 0.29) is 0 Å². The van der Waals surface area contributed by atoms with E-state index in [0.717, 1.165) is 11.6 Å². The van der Waals surface area contributed by atoms with Crippen molar-refractivity contribution in [1.29, 1.82) is 0 Å². The van der Waals surface area contributed by atoms with Gasteiger partial charge in [0.05, 0.1) is 5.69 Å². The second-order valence-corrected chi connectivity index (χ2v) is 6.22. The quantitative estimate of drug-likeness (QED) is 0.916. The Morgan fingerprint density at radius 2 is 2.22 bits per heavy atom. The van der Waals surface area contributed by atoms with Crippen molar-refractivity contribution >= 4 is 11.3 Å². The van der Waals surface area contributed by atoms with Crippen LogP contribution >= 0.6 is 11.3 Å². The summed E-state index contributed by atoms with van der Waals surface area (Å²) in [6.07, 6.45) is 4.84. The van der Waals surface area contributed by atoms with Gasteiger partial charge in [-0.15, -0.1) is 11.3 Å². The zero-order valence-corrected chi connectivity index (χ0v) is 11.9. The minimum absolute atomic E-state index is 0.542. The van der Waals surface area contributed by atoms with Gasteiger partial charge in [0, 0.05) is 34.6 Å². The maximum atomic E-state index is 4.42. The zero-order chi connectivity index (χ0) is 12.7. The van der Waals surface area contributed by atoms with Crippen LogP contribution in [-0.4, -0.2) is 16.8 Å². The molecule has 2 heterocycles. The standard InChI is InChI=1S/C14H19N3S/c1-9-11(8-17(3)16-9)12-6-7-13(18-12)14(15-2)10-4-5-10/h6-8,10,14-15H,4-5H2,1-3H3. The predicted molar refractivity (Wildman–Crippen MR) is 75.8 cm³/mol. The SMILES string of the molecule is CNC(c1ccc(-c2cn(C)nc2C)s1)C1CC1. The van der Waals surface area contributed by atoms with Gasteiger partial charge in [0.2, 0.25) is 0 Å². The van der Waals surface area contributed by atoms with Crippen molar-refractivity contribution in [2.75, 3.05) is 7.05 Å². The summed E-state index contributed by atoms with van der Waals surface area (Å²) in [5.41, 5.74) is 2.37. The van der Waals surface area contributed by atoms with Crippen LogP contribution in [0.5, 0.6) is 0 Å². The Kier molecular flexibility index (Phi) is 2.99. The predicted octanol–water partition coefficient (Wildman–Crippen LogP) is 3.13. The largest absolute Gasteiger partial charge is 0.312 e. The second-order valence-electron chi connectivity index (χ2n) is 5.11. The molecule has 1 saturated carbocycles. The molecule has 0 saturated heterocycles. The third-order valence-electron chi connectivity index (χ3n) is 3.62. The van der Waals surface area contributed by atoms with Crippen LogP contribution in [0.4, 0.5) is 0 Å². The molecule has 0 aromatic carbocycles. The monoisotopic (exact) mass is 261 g/mol. The Morgan fingerprint density at radius 3 is 2.78 bits per heavy atom. The first kappa shape index (κ1) is 11.9. The van der Waals surface area contributed by atoms with Crippen molar-refractivity contribution in [3.8, 4) is 10.4 Å². The average molecular weight is 261 g/mol. The fourth-order valence-electron chi connectivity index (χ4n) is 2.55. The Hall–Kier alpha value is -1.13. The van der Waals surface area contributed by atoms with E-state index in [1.165, 1.54) is 28.2 Å². The van der Waals surface area contributed by atoms with Crippen LogP contribution < -0.4 is 5.32 Å². The Bertz CT molecular complexity index is 551. The normalized spacial score (nSPS) is 17.1. The van der Waals surface area contributed by atoms with Gasteiger partial charge in [-0.1, -0.05) is 0 Å². The molecule has 1 N–H and O–H groups in total. The maximum Gasteiger partial charge on any atom is 0.0680 e. The van der Waals surface area contributed by atoms with Crippen LogP contribution in [0.25, 0.3) is 10.4 Å². The van der Waals surface area contributed by atoms with Gasteiger partial charge in [-0.25, -0.2) is 0 Å². The molecule has 1 atom stereocenters. The summed E-state index contributed by atoms with van der Waals surface area (Å²) in [7, 11) is 4.04. The highest BCUT2D eigenvalue weighted by molar-refractivity contribution is 7.15. The number of nitrogens with one attached hydrogen (secondary N) is 1. The number of thiophene rings is 1. The fourth-order valence-corrected chi connectivity index (χ4v) is 3.82. The minimum atomic E-state index is 0.542. The van der Waals surface area contributed by atoms with E-state index in [9.17, 15) is 0 Å². The fraction of sp³-hybridized carbons (Fsp3) is 0.500. The minimum Gasteiger partial charge on any atom is -0.312 e. The third kappa shape index (κ3) is 2.10. The molecule has 0 radical (unpaired) electrons. The molecule has 0 amide bonds. The third-order valence-corrected chi connectivity index (χ3v) is 4.82. The molecule has 2 aromatic rings. The summed E-state index contributed by atoms with van der Waals surface area (Å²) < 4.78 is 1.89. The lowest BCUT2D eigenvalue weighted by atomic mass is 10.1. The molecule has 18 heavy (non-hydrogen) atoms. The molecular weight excluding hydrogens is 242 g/mol. The topological polar surface area (TPSA) is 29.9 Å². The van der Waals surface area contributed by atoms with Gasteiger partial charge in [0.15, 0.2) is 0 Å². The van der Waals surface area contributed by atoms with E-state index in [2.05, 4.69) is 42.7 Å². The summed E-state index contributed by atoms with van der Waals surface area (Å²) in [6, 6.07) is 5.04. The van der Waals surface area contributed by atoms with Gasteiger partial charge >= 0.3 is 0 Å². The van der Waals surface area contributed by atoms with Gasteiger partial charge in [0.1, 0.15) is 0 Å². The van der Waals surface area contributed by atoms with Crippen LogP contribution in [0.1, 0.15) is 29.5 Å². The van der Waals surface area contributed by atoms with Gasteiger partial charge in [-0.2, -0.15) is 5.10 Å². The van der Waals surface area contributed by atoms with Crippen molar-refractivity contribution in [2.24, 2.45) is 13.0 Å². The van der Waals surface area contributed by atoms with E-state index in [1.807, 2.05) is 23.1 Å². The van der Waals surface area contributed by atoms with Gasteiger partial charge in [0.25, 0.3) is 0 Å². The highest BCUT2D eigenvalue weighted by atomic mass is 32.1. The van der Waals surface area contributed by atoms with E-state index in [0.29, 0.717) is 6.04 Å². The van der Waals surface area contributed by atoms with Crippen LogP contribution in [0.3, 0.4) is 0 Å². The van der Waals surface area contributed by atoms with E-state index >= 15 is 0 Å². The Labute approximate surface area is 112 Å². The molecular formula is C14H19N3S. The first-order valence-corrected chi connectivity index (χ1v) is 7.28. The maximum absolute atomic E-state index is 4.42. The first-order valence-electron chi connectivity index (χ1n) is 6.46. The lowest BCUT2D eigenvalue weighted by molar-refractivity contribution is 0.537. The summed E-state index contributed by atoms with van der Waals surface area (Å²) in [5, 5.41) is 7.87. The smallest absolute Gasteiger partial charge is 0.0680 e. The number of hydrogen-bond acceptors (Lipinski definition) is 3. The van der Waals surface area contributed by atoms with Gasteiger partial charge < -0.3 is 5.32 Å². The summed E-state index contributed by atoms with van der Waals surface area (Å²) in [5.74, 6) is 0.844. The molecule has 0 aliphatic heterocycles. The van der Waals surface area contributed by atoms with E-state index in [1.54, 1.807) is 0 Å². The lowest BCUT2D eigenvalue weighted by Crippen LogP contribution is -2.16. The van der Waals surface area contributed by atoms with Gasteiger partial charge in [-0.3, -0.25) is 4.68 Å². The molecule has 3 rings (SSSR count).